The van der Waals surface area contributed by atoms with E-state index in [2.05, 4.69) is 20.3 Å². The van der Waals surface area contributed by atoms with Crippen molar-refractivity contribution in [2.75, 3.05) is 12.8 Å². The first-order valence-electron chi connectivity index (χ1n) is 12.1. The number of aromatic amines is 1. The Balaban J connectivity index is 1.55. The summed E-state index contributed by atoms with van der Waals surface area (Å²) in [6, 6.07) is 7.14. The van der Waals surface area contributed by atoms with Crippen LogP contribution in [0.5, 0.6) is 0 Å². The molecule has 1 fully saturated rings. The molecule has 0 radical (unpaired) electrons. The van der Waals surface area contributed by atoms with E-state index in [1.807, 2.05) is 19.9 Å². The number of sulfone groups is 1. The molecular formula is C26H29N5O4S. The summed E-state index contributed by atoms with van der Waals surface area (Å²) in [5, 5.41) is 2.74. The minimum Gasteiger partial charge on any atom is -0.351 e. The molecule has 3 heterocycles. The molecule has 36 heavy (non-hydrogen) atoms. The molecule has 1 aliphatic heterocycles. The third-order valence-corrected chi connectivity index (χ3v) is 8.09. The second-order valence-corrected chi connectivity index (χ2v) is 11.6. The molecule has 10 heteroatoms. The Bertz CT molecular complexity index is 1490. The molecule has 0 bridgehead atoms. The molecule has 2 amide bonds. The van der Waals surface area contributed by atoms with Crippen LogP contribution in [0.4, 0.5) is 0 Å². The van der Waals surface area contributed by atoms with E-state index in [0.29, 0.717) is 47.5 Å². The van der Waals surface area contributed by atoms with Crippen LogP contribution < -0.4 is 5.32 Å². The molecule has 3 aromatic rings. The van der Waals surface area contributed by atoms with Gasteiger partial charge in [-0.1, -0.05) is 0 Å². The summed E-state index contributed by atoms with van der Waals surface area (Å²) in [5.74, 6) is 0.448. The van der Waals surface area contributed by atoms with E-state index >= 15 is 0 Å². The second kappa shape index (κ2) is 8.85. The summed E-state index contributed by atoms with van der Waals surface area (Å²) in [7, 11) is -3.65. The Hall–Kier alpha value is -3.53. The maximum Gasteiger partial charge on any atom is 0.271 e. The monoisotopic (exact) mass is 507 g/mol. The highest BCUT2D eigenvalue weighted by atomic mass is 32.2. The first-order valence-corrected chi connectivity index (χ1v) is 14.0. The number of amides is 2. The van der Waals surface area contributed by atoms with Crippen LogP contribution in [-0.2, 0) is 16.4 Å². The highest BCUT2D eigenvalue weighted by molar-refractivity contribution is 7.90. The van der Waals surface area contributed by atoms with Crippen LogP contribution in [0.1, 0.15) is 58.8 Å². The summed E-state index contributed by atoms with van der Waals surface area (Å²) in [6.45, 7) is 6.54. The molecule has 9 nitrogen and oxygen atoms in total. The third-order valence-electron chi connectivity index (χ3n) is 6.97. The molecule has 2 N–H and O–H groups in total. The van der Waals surface area contributed by atoms with Crippen molar-refractivity contribution < 1.29 is 18.0 Å². The van der Waals surface area contributed by atoms with Gasteiger partial charge in [-0.3, -0.25) is 14.6 Å². The normalized spacial score (nSPS) is 16.2. The number of nitrogens with zero attached hydrogens (tertiary/aromatic N) is 3. The molecule has 188 valence electrons. The van der Waals surface area contributed by atoms with Crippen LogP contribution in [0.25, 0.3) is 22.6 Å². The van der Waals surface area contributed by atoms with Gasteiger partial charge in [-0.2, -0.15) is 0 Å². The molecule has 1 aliphatic carbocycles. The lowest BCUT2D eigenvalue weighted by atomic mass is 10.0. The maximum atomic E-state index is 13.3. The number of aryl methyl sites for hydroxylation is 1. The van der Waals surface area contributed by atoms with Gasteiger partial charge in [-0.25, -0.2) is 13.4 Å². The summed E-state index contributed by atoms with van der Waals surface area (Å²) < 4.78 is 25.5. The lowest BCUT2D eigenvalue weighted by Gasteiger charge is -2.24. The summed E-state index contributed by atoms with van der Waals surface area (Å²) in [5.41, 5.74) is 3.88. The van der Waals surface area contributed by atoms with Gasteiger partial charge in [0.2, 0.25) is 0 Å². The number of H-pyrrole nitrogens is 1. The highest BCUT2D eigenvalue weighted by Gasteiger charge is 2.40. The molecule has 1 atom stereocenters. The van der Waals surface area contributed by atoms with Gasteiger partial charge < -0.3 is 15.2 Å². The lowest BCUT2D eigenvalue weighted by Crippen LogP contribution is -2.35. The van der Waals surface area contributed by atoms with Crippen LogP contribution in [0.15, 0.2) is 35.4 Å². The Labute approximate surface area is 210 Å². The van der Waals surface area contributed by atoms with Crippen molar-refractivity contribution in [1.82, 2.24) is 25.2 Å². The SMILES string of the molecule is CCNC(=O)c1nc(-c2cc(-c3cc4c(c(S(C)(=O)=O)c3)C(=O)N(C(C)C3CC3)C4)ccn2)[nH]c1C. The maximum absolute atomic E-state index is 13.3. The van der Waals surface area contributed by atoms with Gasteiger partial charge in [0, 0.05) is 37.3 Å². The molecule has 0 saturated heterocycles. The number of hydrogen-bond acceptors (Lipinski definition) is 6. The van der Waals surface area contributed by atoms with Crippen LogP contribution >= 0.6 is 0 Å². The fraction of sp³-hybridized carbons (Fsp3) is 0.385. The number of carbonyl (C=O) groups excluding carboxylic acids is 2. The zero-order chi connectivity index (χ0) is 25.8. The minimum atomic E-state index is -3.65. The van der Waals surface area contributed by atoms with Gasteiger partial charge in [-0.05, 0) is 80.5 Å². The number of rotatable bonds is 7. The fourth-order valence-electron chi connectivity index (χ4n) is 4.85. The average molecular weight is 508 g/mol. The Morgan fingerprint density at radius 1 is 1.25 bits per heavy atom. The molecule has 1 saturated carbocycles. The predicted octanol–water partition coefficient (Wildman–Crippen LogP) is 3.35. The molecule has 2 aliphatic rings. The van der Waals surface area contributed by atoms with Crippen LogP contribution in [0.3, 0.4) is 0 Å². The zero-order valence-electron chi connectivity index (χ0n) is 20.8. The zero-order valence-corrected chi connectivity index (χ0v) is 21.6. The van der Waals surface area contributed by atoms with Gasteiger partial charge in [-0.15, -0.1) is 0 Å². The van der Waals surface area contributed by atoms with Gasteiger partial charge in [0.25, 0.3) is 11.8 Å². The summed E-state index contributed by atoms with van der Waals surface area (Å²) in [6.07, 6.45) is 4.95. The lowest BCUT2D eigenvalue weighted by molar-refractivity contribution is 0.0694. The smallest absolute Gasteiger partial charge is 0.271 e. The van der Waals surface area contributed by atoms with Crippen molar-refractivity contribution in [3.8, 4) is 22.6 Å². The van der Waals surface area contributed by atoms with E-state index in [1.165, 1.54) is 0 Å². The van der Waals surface area contributed by atoms with Gasteiger partial charge in [0.1, 0.15) is 11.4 Å². The largest absolute Gasteiger partial charge is 0.351 e. The van der Waals surface area contributed by atoms with Crippen LogP contribution in [0, 0.1) is 12.8 Å². The number of carbonyl (C=O) groups is 2. The summed E-state index contributed by atoms with van der Waals surface area (Å²) in [4.78, 5) is 39.4. The van der Waals surface area contributed by atoms with E-state index in [9.17, 15) is 18.0 Å². The van der Waals surface area contributed by atoms with E-state index in [-0.39, 0.29) is 28.3 Å². The van der Waals surface area contributed by atoms with Crippen molar-refractivity contribution in [1.29, 1.82) is 0 Å². The number of nitrogens with one attached hydrogen (secondary N) is 2. The van der Waals surface area contributed by atoms with Crippen LogP contribution in [-0.4, -0.2) is 58.9 Å². The Kier molecular flexibility index (Phi) is 5.94. The number of fused-ring (bicyclic) bond motifs is 1. The van der Waals surface area contributed by atoms with Crippen molar-refractivity contribution in [2.24, 2.45) is 5.92 Å². The van der Waals surface area contributed by atoms with Crippen molar-refractivity contribution in [3.05, 3.63) is 53.0 Å². The topological polar surface area (TPSA) is 125 Å². The first kappa shape index (κ1) is 24.2. The first-order chi connectivity index (χ1) is 17.1. The second-order valence-electron chi connectivity index (χ2n) is 9.64. The fourth-order valence-corrected chi connectivity index (χ4v) is 5.78. The van der Waals surface area contributed by atoms with Crippen molar-refractivity contribution >= 4 is 21.7 Å². The molecule has 5 rings (SSSR count). The number of aromatic nitrogens is 3. The number of imidazole rings is 1. The van der Waals surface area contributed by atoms with Gasteiger partial charge in [0.15, 0.2) is 15.7 Å². The molecule has 1 aromatic carbocycles. The number of benzene rings is 1. The molecule has 2 aromatic heterocycles. The van der Waals surface area contributed by atoms with E-state index in [4.69, 9.17) is 0 Å². The van der Waals surface area contributed by atoms with E-state index in [1.54, 1.807) is 36.2 Å². The number of hydrogen-bond donors (Lipinski definition) is 2. The van der Waals surface area contributed by atoms with Crippen molar-refractivity contribution in [2.45, 2.75) is 51.1 Å². The quantitative estimate of drug-likeness (QED) is 0.505. The molecular weight excluding hydrogens is 478 g/mol. The standard InChI is InChI=1S/C26H29N5O4S/c1-5-27-25(32)23-14(2)29-24(30-23)20-11-17(8-9-28-20)18-10-19-13-31(15(3)16-6-7-16)26(33)22(19)21(12-18)36(4,34)35/h8-12,15-16H,5-7,13H2,1-4H3,(H,27,32)(H,29,30). The van der Waals surface area contributed by atoms with E-state index < -0.39 is 9.84 Å². The highest BCUT2D eigenvalue weighted by Crippen LogP contribution is 2.41. The molecule has 1 unspecified atom stereocenters. The van der Waals surface area contributed by atoms with E-state index in [0.717, 1.165) is 30.2 Å². The van der Waals surface area contributed by atoms with Gasteiger partial charge >= 0.3 is 0 Å². The van der Waals surface area contributed by atoms with Crippen molar-refractivity contribution in [3.63, 3.8) is 0 Å². The Morgan fingerprint density at radius 2 is 2.00 bits per heavy atom. The van der Waals surface area contributed by atoms with Crippen LogP contribution in [0.2, 0.25) is 0 Å². The third kappa shape index (κ3) is 4.30. The Morgan fingerprint density at radius 3 is 2.67 bits per heavy atom. The minimum absolute atomic E-state index is 0.0521. The van der Waals surface area contributed by atoms with Gasteiger partial charge in [0.05, 0.1) is 10.5 Å². The predicted molar refractivity (Wildman–Crippen MR) is 135 cm³/mol. The molecule has 0 spiro atoms. The summed E-state index contributed by atoms with van der Waals surface area (Å²) >= 11 is 0. The number of pyridine rings is 1. The average Bonchev–Trinajstić information content (AvgIpc) is 3.54.